The summed E-state index contributed by atoms with van der Waals surface area (Å²) in [4.78, 5) is 25.2. The number of carboxylic acids is 1. The van der Waals surface area contributed by atoms with Crippen molar-refractivity contribution in [1.29, 1.82) is 0 Å². The van der Waals surface area contributed by atoms with E-state index in [9.17, 15) is 23.5 Å². The van der Waals surface area contributed by atoms with Crippen molar-refractivity contribution in [2.45, 2.75) is 19.1 Å². The van der Waals surface area contributed by atoms with Crippen molar-refractivity contribution in [3.05, 3.63) is 24.3 Å². The van der Waals surface area contributed by atoms with Gasteiger partial charge in [-0.1, -0.05) is 0 Å². The number of halogens is 2. The van der Waals surface area contributed by atoms with Crippen molar-refractivity contribution >= 4 is 17.6 Å². The Labute approximate surface area is 137 Å². The molecule has 1 aliphatic rings. The van der Waals surface area contributed by atoms with Gasteiger partial charge in [-0.25, -0.2) is 0 Å². The Hall–Kier alpha value is -2.26. The molecule has 0 spiro atoms. The molecule has 2 rings (SSSR count). The van der Waals surface area contributed by atoms with Crippen molar-refractivity contribution < 1.29 is 28.2 Å². The third-order valence-corrected chi connectivity index (χ3v) is 3.62. The third-order valence-electron chi connectivity index (χ3n) is 3.62. The molecule has 0 saturated carbocycles. The van der Waals surface area contributed by atoms with Gasteiger partial charge in [-0.2, -0.15) is 8.78 Å². The number of alkyl halides is 2. The molecule has 0 radical (unpaired) electrons. The van der Waals surface area contributed by atoms with Gasteiger partial charge < -0.3 is 20.5 Å². The number of hydrogen-bond donors (Lipinski definition) is 3. The number of carbonyl (C=O) groups is 2. The number of nitrogens with one attached hydrogen (secondary N) is 2. The lowest BCUT2D eigenvalue weighted by Crippen LogP contribution is -2.52. The molecule has 1 saturated heterocycles. The fraction of sp³-hybridized carbons (Fsp3) is 0.467. The van der Waals surface area contributed by atoms with Crippen LogP contribution in [-0.4, -0.2) is 60.7 Å². The first-order valence-corrected chi connectivity index (χ1v) is 7.48. The molecule has 1 fully saturated rings. The lowest BCUT2D eigenvalue weighted by atomic mass is 10.1. The summed E-state index contributed by atoms with van der Waals surface area (Å²) in [6.07, 6.45) is -0.190. The van der Waals surface area contributed by atoms with Crippen LogP contribution in [0.2, 0.25) is 0 Å². The van der Waals surface area contributed by atoms with E-state index in [0.29, 0.717) is 31.9 Å². The molecular formula is C15H19F2N3O4. The van der Waals surface area contributed by atoms with Crippen LogP contribution in [0.4, 0.5) is 14.5 Å². The topological polar surface area (TPSA) is 90.9 Å². The summed E-state index contributed by atoms with van der Waals surface area (Å²) in [5.41, 5.74) is 0.381. The van der Waals surface area contributed by atoms with Crippen molar-refractivity contribution in [1.82, 2.24) is 10.2 Å². The van der Waals surface area contributed by atoms with Gasteiger partial charge in [-0.15, -0.1) is 0 Å². The Balaban J connectivity index is 1.91. The second-order valence-corrected chi connectivity index (χ2v) is 5.30. The fourth-order valence-corrected chi connectivity index (χ4v) is 2.47. The SMILES string of the molecule is O=C(C[C@@H](C(=O)O)N1CCNCC1)Nc1ccc(OC(F)F)cc1. The highest BCUT2D eigenvalue weighted by molar-refractivity contribution is 5.94. The van der Waals surface area contributed by atoms with Crippen LogP contribution < -0.4 is 15.4 Å². The molecule has 3 N–H and O–H groups in total. The van der Waals surface area contributed by atoms with Crippen LogP contribution in [-0.2, 0) is 9.59 Å². The van der Waals surface area contributed by atoms with Gasteiger partial charge in [0.1, 0.15) is 11.8 Å². The summed E-state index contributed by atoms with van der Waals surface area (Å²) < 4.78 is 28.4. The van der Waals surface area contributed by atoms with Crippen molar-refractivity contribution in [3.63, 3.8) is 0 Å². The molecular weight excluding hydrogens is 324 g/mol. The van der Waals surface area contributed by atoms with Gasteiger partial charge in [0.25, 0.3) is 0 Å². The van der Waals surface area contributed by atoms with E-state index in [0.717, 1.165) is 0 Å². The van der Waals surface area contributed by atoms with Crippen LogP contribution in [0.1, 0.15) is 6.42 Å². The summed E-state index contributed by atoms with van der Waals surface area (Å²) in [5, 5.41) is 15.0. The van der Waals surface area contributed by atoms with Crippen molar-refractivity contribution in [3.8, 4) is 5.75 Å². The third kappa shape index (κ3) is 5.43. The van der Waals surface area contributed by atoms with Crippen LogP contribution in [0, 0.1) is 0 Å². The first kappa shape index (κ1) is 18.1. The maximum Gasteiger partial charge on any atom is 0.387 e. The second-order valence-electron chi connectivity index (χ2n) is 5.30. The molecule has 24 heavy (non-hydrogen) atoms. The van der Waals surface area contributed by atoms with Gasteiger partial charge in [-0.05, 0) is 24.3 Å². The van der Waals surface area contributed by atoms with Gasteiger partial charge in [0, 0.05) is 31.9 Å². The van der Waals surface area contributed by atoms with E-state index < -0.39 is 24.5 Å². The number of nitrogens with zero attached hydrogens (tertiary/aromatic N) is 1. The Morgan fingerprint density at radius 1 is 1.25 bits per heavy atom. The summed E-state index contributed by atoms with van der Waals surface area (Å²) in [5.74, 6) is -1.52. The summed E-state index contributed by atoms with van der Waals surface area (Å²) in [6.45, 7) is -0.442. The lowest BCUT2D eigenvalue weighted by Gasteiger charge is -2.32. The fourth-order valence-electron chi connectivity index (χ4n) is 2.47. The Kier molecular flexibility index (Phi) is 6.44. The van der Waals surface area contributed by atoms with Crippen LogP contribution in [0.25, 0.3) is 0 Å². The summed E-state index contributed by atoms with van der Waals surface area (Å²) >= 11 is 0. The number of aliphatic carboxylic acids is 1. The minimum atomic E-state index is -2.92. The monoisotopic (exact) mass is 343 g/mol. The maximum absolute atomic E-state index is 12.1. The van der Waals surface area contributed by atoms with Crippen molar-refractivity contribution in [2.75, 3.05) is 31.5 Å². The number of carboxylic acid groups (broad SMARTS) is 1. The Morgan fingerprint density at radius 3 is 2.42 bits per heavy atom. The zero-order valence-corrected chi connectivity index (χ0v) is 12.9. The molecule has 0 bridgehead atoms. The molecule has 1 aliphatic heterocycles. The van der Waals surface area contributed by atoms with E-state index in [-0.39, 0.29) is 12.2 Å². The molecule has 9 heteroatoms. The molecule has 0 aliphatic carbocycles. The number of benzene rings is 1. The normalized spacial score (nSPS) is 16.6. The molecule has 0 aromatic heterocycles. The second kappa shape index (κ2) is 8.55. The predicted molar refractivity (Wildman–Crippen MR) is 82.2 cm³/mol. The van der Waals surface area contributed by atoms with Crippen LogP contribution in [0.15, 0.2) is 24.3 Å². The Bertz CT molecular complexity index is 562. The zero-order chi connectivity index (χ0) is 17.5. The summed E-state index contributed by atoms with van der Waals surface area (Å²) in [7, 11) is 0. The number of ether oxygens (including phenoxy) is 1. The van der Waals surface area contributed by atoms with E-state index in [4.69, 9.17) is 0 Å². The Morgan fingerprint density at radius 2 is 1.88 bits per heavy atom. The van der Waals surface area contributed by atoms with Gasteiger partial charge in [-0.3, -0.25) is 14.5 Å². The first-order chi connectivity index (χ1) is 11.5. The zero-order valence-electron chi connectivity index (χ0n) is 12.9. The lowest BCUT2D eigenvalue weighted by molar-refractivity contribution is -0.145. The number of amides is 1. The van der Waals surface area contributed by atoms with E-state index in [1.807, 2.05) is 0 Å². The first-order valence-electron chi connectivity index (χ1n) is 7.48. The number of hydrogen-bond acceptors (Lipinski definition) is 5. The molecule has 1 heterocycles. The molecule has 132 valence electrons. The minimum Gasteiger partial charge on any atom is -0.480 e. The average Bonchev–Trinajstić information content (AvgIpc) is 2.54. The van der Waals surface area contributed by atoms with Crippen LogP contribution in [0.5, 0.6) is 5.75 Å². The minimum absolute atomic E-state index is 0.0211. The molecule has 7 nitrogen and oxygen atoms in total. The van der Waals surface area contributed by atoms with E-state index in [2.05, 4.69) is 15.4 Å². The van der Waals surface area contributed by atoms with Gasteiger partial charge in [0.2, 0.25) is 5.91 Å². The van der Waals surface area contributed by atoms with Crippen molar-refractivity contribution in [2.24, 2.45) is 0 Å². The van der Waals surface area contributed by atoms with E-state index >= 15 is 0 Å². The van der Waals surface area contributed by atoms with Gasteiger partial charge in [0.05, 0.1) is 6.42 Å². The van der Waals surface area contributed by atoms with E-state index in [1.54, 1.807) is 4.90 Å². The molecule has 1 atom stereocenters. The largest absolute Gasteiger partial charge is 0.480 e. The molecule has 1 aromatic carbocycles. The molecule has 1 amide bonds. The van der Waals surface area contributed by atoms with Gasteiger partial charge in [0.15, 0.2) is 0 Å². The molecule has 0 unspecified atom stereocenters. The highest BCUT2D eigenvalue weighted by Gasteiger charge is 2.29. The van der Waals surface area contributed by atoms with Gasteiger partial charge >= 0.3 is 12.6 Å². The van der Waals surface area contributed by atoms with Crippen LogP contribution in [0.3, 0.4) is 0 Å². The average molecular weight is 343 g/mol. The van der Waals surface area contributed by atoms with E-state index in [1.165, 1.54) is 24.3 Å². The van der Waals surface area contributed by atoms with Crippen LogP contribution >= 0.6 is 0 Å². The quantitative estimate of drug-likeness (QED) is 0.684. The summed E-state index contributed by atoms with van der Waals surface area (Å²) in [6, 6.07) is 4.53. The number of rotatable bonds is 7. The highest BCUT2D eigenvalue weighted by Crippen LogP contribution is 2.18. The number of anilines is 1. The smallest absolute Gasteiger partial charge is 0.387 e. The standard InChI is InChI=1S/C15H19F2N3O4/c16-15(17)24-11-3-1-10(2-4-11)19-13(21)9-12(14(22)23)20-7-5-18-6-8-20/h1-4,12,15,18H,5-9H2,(H,19,21)(H,22,23)/t12-/m0/s1. The molecule has 1 aromatic rings. The highest BCUT2D eigenvalue weighted by atomic mass is 19.3. The number of piperazine rings is 1. The number of carbonyl (C=O) groups excluding carboxylic acids is 1. The maximum atomic E-state index is 12.1. The predicted octanol–water partition coefficient (Wildman–Crippen LogP) is 0.975.